The molecule has 0 aromatic heterocycles. The van der Waals surface area contributed by atoms with Crippen molar-refractivity contribution < 1.29 is 10.0 Å². The number of nitrogens with zero attached hydrogens (tertiary/aromatic N) is 2. The van der Waals surface area contributed by atoms with Crippen LogP contribution in [-0.2, 0) is 0 Å². The van der Waals surface area contributed by atoms with Crippen LogP contribution in [-0.4, -0.2) is 35.4 Å². The van der Waals surface area contributed by atoms with Gasteiger partial charge in [-0.2, -0.15) is 0 Å². The van der Waals surface area contributed by atoms with Crippen molar-refractivity contribution in [3.63, 3.8) is 0 Å². The molecule has 0 saturated carbocycles. The predicted octanol–water partition coefficient (Wildman–Crippen LogP) is 2.21. The van der Waals surface area contributed by atoms with Crippen LogP contribution in [0.25, 0.3) is 0 Å². The number of amides is 1. The zero-order chi connectivity index (χ0) is 14.6. The first-order valence-corrected chi connectivity index (χ1v) is 6.65. The number of amidine groups is 1. The van der Waals surface area contributed by atoms with Crippen LogP contribution in [0, 0.1) is 12.8 Å². The molecule has 0 saturated heterocycles. The topological polar surface area (TPSA) is 78.9 Å². The van der Waals surface area contributed by atoms with Crippen LogP contribution in [0.1, 0.15) is 22.8 Å². The monoisotopic (exact) mass is 327 g/mol. The van der Waals surface area contributed by atoms with E-state index in [1.165, 1.54) is 0 Å². The summed E-state index contributed by atoms with van der Waals surface area (Å²) < 4.78 is 0.969. The summed E-state index contributed by atoms with van der Waals surface area (Å²) in [5.41, 5.74) is 7.13. The minimum atomic E-state index is -0.199. The molecule has 19 heavy (non-hydrogen) atoms. The minimum absolute atomic E-state index is 0.0896. The summed E-state index contributed by atoms with van der Waals surface area (Å²) >= 11 is 3.40. The molecule has 1 atom stereocenters. The number of aryl methyl sites for hydroxylation is 1. The van der Waals surface area contributed by atoms with Gasteiger partial charge in [-0.3, -0.25) is 4.79 Å². The number of rotatable bonds is 4. The molecule has 1 rings (SSSR count). The number of oxime groups is 1. The van der Waals surface area contributed by atoms with Crippen LogP contribution >= 0.6 is 15.9 Å². The molecule has 1 aromatic rings. The first-order chi connectivity index (χ1) is 8.86. The Morgan fingerprint density at radius 3 is 2.74 bits per heavy atom. The van der Waals surface area contributed by atoms with Crippen LogP contribution in [0.5, 0.6) is 0 Å². The average molecular weight is 328 g/mol. The smallest absolute Gasteiger partial charge is 0.253 e. The lowest BCUT2D eigenvalue weighted by molar-refractivity contribution is 0.0786. The van der Waals surface area contributed by atoms with Gasteiger partial charge in [0.15, 0.2) is 0 Å². The van der Waals surface area contributed by atoms with E-state index in [2.05, 4.69) is 21.1 Å². The molecule has 0 spiro atoms. The van der Waals surface area contributed by atoms with Crippen molar-refractivity contribution in [1.29, 1.82) is 0 Å². The molecule has 0 aliphatic heterocycles. The van der Waals surface area contributed by atoms with Gasteiger partial charge in [-0.05, 0) is 30.7 Å². The van der Waals surface area contributed by atoms with Gasteiger partial charge in [0.05, 0.1) is 0 Å². The first kappa shape index (κ1) is 15.5. The fourth-order valence-corrected chi connectivity index (χ4v) is 1.93. The summed E-state index contributed by atoms with van der Waals surface area (Å²) in [5, 5.41) is 11.5. The zero-order valence-corrected chi connectivity index (χ0v) is 12.8. The van der Waals surface area contributed by atoms with Gasteiger partial charge < -0.3 is 15.8 Å². The maximum absolute atomic E-state index is 12.2. The number of nitrogens with two attached hydrogens (primary N) is 1. The quantitative estimate of drug-likeness (QED) is 0.385. The van der Waals surface area contributed by atoms with E-state index in [4.69, 9.17) is 10.9 Å². The van der Waals surface area contributed by atoms with Crippen LogP contribution < -0.4 is 5.73 Å². The van der Waals surface area contributed by atoms with Crippen molar-refractivity contribution >= 4 is 27.7 Å². The third kappa shape index (κ3) is 3.96. The molecule has 6 heteroatoms. The molecule has 0 bridgehead atoms. The fraction of sp³-hybridized carbons (Fsp3) is 0.385. The average Bonchev–Trinajstić information content (AvgIpc) is 2.39. The Labute approximate surface area is 121 Å². The summed E-state index contributed by atoms with van der Waals surface area (Å²) in [4.78, 5) is 13.8. The second kappa shape index (κ2) is 6.56. The van der Waals surface area contributed by atoms with E-state index < -0.39 is 0 Å². The van der Waals surface area contributed by atoms with E-state index in [1.54, 1.807) is 24.9 Å². The van der Waals surface area contributed by atoms with E-state index in [0.717, 1.165) is 10.0 Å². The lowest BCUT2D eigenvalue weighted by Gasteiger charge is -2.21. The lowest BCUT2D eigenvalue weighted by atomic mass is 10.1. The SMILES string of the molecule is Cc1cc(C(=O)N(C)CC(C)/C(N)=N/O)ccc1Br. The van der Waals surface area contributed by atoms with Gasteiger partial charge in [-0.1, -0.05) is 28.0 Å². The fourth-order valence-electron chi connectivity index (χ4n) is 1.68. The molecule has 5 nitrogen and oxygen atoms in total. The number of hydrogen-bond acceptors (Lipinski definition) is 3. The van der Waals surface area contributed by atoms with E-state index >= 15 is 0 Å². The van der Waals surface area contributed by atoms with E-state index in [0.29, 0.717) is 12.1 Å². The summed E-state index contributed by atoms with van der Waals surface area (Å²) in [6.07, 6.45) is 0. The molecule has 1 amide bonds. The van der Waals surface area contributed by atoms with Crippen molar-refractivity contribution in [2.24, 2.45) is 16.8 Å². The van der Waals surface area contributed by atoms with Crippen molar-refractivity contribution in [1.82, 2.24) is 4.90 Å². The largest absolute Gasteiger partial charge is 0.409 e. The van der Waals surface area contributed by atoms with Crippen LogP contribution in [0.15, 0.2) is 27.8 Å². The summed E-state index contributed by atoms with van der Waals surface area (Å²) in [6.45, 7) is 4.12. The third-order valence-corrected chi connectivity index (χ3v) is 3.81. The highest BCUT2D eigenvalue weighted by molar-refractivity contribution is 9.10. The molecule has 0 heterocycles. The van der Waals surface area contributed by atoms with Crippen molar-refractivity contribution in [3.8, 4) is 0 Å². The number of hydrogen-bond donors (Lipinski definition) is 2. The highest BCUT2D eigenvalue weighted by Gasteiger charge is 2.17. The molecule has 0 fully saturated rings. The Kier molecular flexibility index (Phi) is 5.35. The van der Waals surface area contributed by atoms with Gasteiger partial charge >= 0.3 is 0 Å². The van der Waals surface area contributed by atoms with Gasteiger partial charge in [-0.25, -0.2) is 0 Å². The van der Waals surface area contributed by atoms with E-state index in [1.807, 2.05) is 19.1 Å². The second-order valence-electron chi connectivity index (χ2n) is 4.58. The number of carbonyl (C=O) groups excluding carboxylic acids is 1. The maximum atomic E-state index is 12.2. The van der Waals surface area contributed by atoms with Gasteiger partial charge in [0.25, 0.3) is 5.91 Å². The minimum Gasteiger partial charge on any atom is -0.409 e. The summed E-state index contributed by atoms with van der Waals surface area (Å²) in [6, 6.07) is 5.45. The molecule has 104 valence electrons. The third-order valence-electron chi connectivity index (χ3n) is 2.92. The normalized spacial score (nSPS) is 13.2. The van der Waals surface area contributed by atoms with Crippen molar-refractivity contribution in [2.75, 3.05) is 13.6 Å². The predicted molar refractivity (Wildman–Crippen MR) is 78.4 cm³/mol. The van der Waals surface area contributed by atoms with E-state index in [9.17, 15) is 4.79 Å². The molecule has 0 radical (unpaired) electrons. The maximum Gasteiger partial charge on any atom is 0.253 e. The highest BCUT2D eigenvalue weighted by atomic mass is 79.9. The Morgan fingerprint density at radius 2 is 2.21 bits per heavy atom. The summed E-state index contributed by atoms with van der Waals surface area (Å²) in [7, 11) is 1.70. The van der Waals surface area contributed by atoms with Gasteiger partial charge in [0.2, 0.25) is 0 Å². The molecule has 0 aliphatic carbocycles. The Morgan fingerprint density at radius 1 is 1.58 bits per heavy atom. The number of halogens is 1. The number of carbonyl (C=O) groups is 1. The van der Waals surface area contributed by atoms with Crippen molar-refractivity contribution in [2.45, 2.75) is 13.8 Å². The zero-order valence-electron chi connectivity index (χ0n) is 11.2. The summed E-state index contributed by atoms with van der Waals surface area (Å²) in [5.74, 6) is -0.171. The molecule has 3 N–H and O–H groups in total. The van der Waals surface area contributed by atoms with E-state index in [-0.39, 0.29) is 17.7 Å². The molecule has 1 unspecified atom stereocenters. The first-order valence-electron chi connectivity index (χ1n) is 5.85. The Bertz CT molecular complexity index is 503. The van der Waals surface area contributed by atoms with Gasteiger partial charge in [-0.15, -0.1) is 0 Å². The molecule has 0 aliphatic rings. The van der Waals surface area contributed by atoms with Crippen molar-refractivity contribution in [3.05, 3.63) is 33.8 Å². The molecule has 1 aromatic carbocycles. The Balaban J connectivity index is 2.79. The standard InChI is InChI=1S/C13H18BrN3O2/c1-8-6-10(4-5-11(8)14)13(18)17(3)7-9(2)12(15)16-19/h4-6,9,19H,7H2,1-3H3,(H2,15,16). The molecular weight excluding hydrogens is 310 g/mol. The highest BCUT2D eigenvalue weighted by Crippen LogP contribution is 2.18. The van der Waals surface area contributed by atoms with Crippen LogP contribution in [0.2, 0.25) is 0 Å². The Hall–Kier alpha value is -1.56. The van der Waals surface area contributed by atoms with Gasteiger partial charge in [0.1, 0.15) is 5.84 Å². The van der Waals surface area contributed by atoms with Crippen LogP contribution in [0.4, 0.5) is 0 Å². The van der Waals surface area contributed by atoms with Gasteiger partial charge in [0, 0.05) is 29.5 Å². The lowest BCUT2D eigenvalue weighted by Crippen LogP contribution is -2.36. The second-order valence-corrected chi connectivity index (χ2v) is 5.43. The molecular formula is C13H18BrN3O2. The van der Waals surface area contributed by atoms with Crippen LogP contribution in [0.3, 0.4) is 0 Å². The number of benzene rings is 1.